The first kappa shape index (κ1) is 14.5. The zero-order valence-electron chi connectivity index (χ0n) is 11.9. The molecule has 0 aliphatic carbocycles. The third kappa shape index (κ3) is 2.99. The first-order chi connectivity index (χ1) is 9.52. The van der Waals surface area contributed by atoms with Gasteiger partial charge in [-0.1, -0.05) is 44.2 Å². The summed E-state index contributed by atoms with van der Waals surface area (Å²) in [7, 11) is 1.42. The summed E-state index contributed by atoms with van der Waals surface area (Å²) < 4.78 is 18.5. The number of hydrogen-bond donors (Lipinski definition) is 1. The second-order valence-electron chi connectivity index (χ2n) is 5.12. The van der Waals surface area contributed by atoms with Crippen molar-refractivity contribution in [3.05, 3.63) is 65.0 Å². The van der Waals surface area contributed by atoms with E-state index < -0.39 is 11.9 Å². The highest BCUT2D eigenvalue weighted by Crippen LogP contribution is 2.27. The van der Waals surface area contributed by atoms with Gasteiger partial charge in [0.25, 0.3) is 0 Å². The summed E-state index contributed by atoms with van der Waals surface area (Å²) in [6.07, 6.45) is -0.836. The van der Waals surface area contributed by atoms with Gasteiger partial charge in [0.05, 0.1) is 7.11 Å². The lowest BCUT2D eigenvalue weighted by Crippen LogP contribution is -2.01. The minimum Gasteiger partial charge on any atom is -0.494 e. The van der Waals surface area contributed by atoms with Crippen LogP contribution in [0.3, 0.4) is 0 Å². The van der Waals surface area contributed by atoms with Crippen molar-refractivity contribution in [2.24, 2.45) is 0 Å². The molecule has 0 amide bonds. The molecular formula is C17H19FO2. The molecular weight excluding hydrogens is 255 g/mol. The molecule has 0 bridgehead atoms. The molecule has 0 saturated heterocycles. The summed E-state index contributed by atoms with van der Waals surface area (Å²) in [5.41, 5.74) is 2.47. The van der Waals surface area contributed by atoms with Gasteiger partial charge in [0, 0.05) is 0 Å². The molecule has 0 aromatic heterocycles. The van der Waals surface area contributed by atoms with Crippen LogP contribution in [0.15, 0.2) is 42.5 Å². The molecule has 1 atom stereocenters. The molecule has 0 saturated carbocycles. The van der Waals surface area contributed by atoms with E-state index in [1.165, 1.54) is 24.8 Å². The van der Waals surface area contributed by atoms with E-state index in [1.54, 1.807) is 6.07 Å². The van der Waals surface area contributed by atoms with Crippen LogP contribution in [-0.4, -0.2) is 12.2 Å². The Balaban J connectivity index is 2.26. The largest absolute Gasteiger partial charge is 0.494 e. The van der Waals surface area contributed by atoms with E-state index >= 15 is 0 Å². The highest BCUT2D eigenvalue weighted by molar-refractivity contribution is 5.36. The van der Waals surface area contributed by atoms with E-state index in [1.807, 2.05) is 24.3 Å². The van der Waals surface area contributed by atoms with Crippen LogP contribution in [0.5, 0.6) is 5.75 Å². The molecule has 0 radical (unpaired) electrons. The lowest BCUT2D eigenvalue weighted by Gasteiger charge is -2.14. The SMILES string of the molecule is COc1ccc(C(O)c2ccc(C(C)C)cc2)cc1F. The average molecular weight is 274 g/mol. The van der Waals surface area contributed by atoms with Gasteiger partial charge < -0.3 is 9.84 Å². The Labute approximate surface area is 118 Å². The summed E-state index contributed by atoms with van der Waals surface area (Å²) in [4.78, 5) is 0. The number of ether oxygens (including phenoxy) is 1. The molecule has 2 rings (SSSR count). The minimum atomic E-state index is -0.836. The Hall–Kier alpha value is -1.87. The number of rotatable bonds is 4. The van der Waals surface area contributed by atoms with Gasteiger partial charge in [0.1, 0.15) is 6.10 Å². The van der Waals surface area contributed by atoms with E-state index in [-0.39, 0.29) is 5.75 Å². The number of methoxy groups -OCH3 is 1. The number of aliphatic hydroxyl groups is 1. The maximum absolute atomic E-state index is 13.7. The summed E-state index contributed by atoms with van der Waals surface area (Å²) in [5.74, 6) is 0.151. The highest BCUT2D eigenvalue weighted by Gasteiger charge is 2.13. The van der Waals surface area contributed by atoms with E-state index in [2.05, 4.69) is 13.8 Å². The van der Waals surface area contributed by atoms with Crippen LogP contribution in [0, 0.1) is 5.82 Å². The third-order valence-electron chi connectivity index (χ3n) is 3.41. The van der Waals surface area contributed by atoms with Gasteiger partial charge in [0.2, 0.25) is 0 Å². The molecule has 2 aromatic rings. The normalized spacial score (nSPS) is 12.5. The maximum Gasteiger partial charge on any atom is 0.165 e. The Kier molecular flexibility index (Phi) is 4.40. The van der Waals surface area contributed by atoms with Crippen molar-refractivity contribution in [2.75, 3.05) is 7.11 Å². The van der Waals surface area contributed by atoms with Crippen LogP contribution in [0.4, 0.5) is 4.39 Å². The van der Waals surface area contributed by atoms with Crippen molar-refractivity contribution in [2.45, 2.75) is 25.9 Å². The summed E-state index contributed by atoms with van der Waals surface area (Å²) >= 11 is 0. The van der Waals surface area contributed by atoms with Crippen molar-refractivity contribution < 1.29 is 14.2 Å². The van der Waals surface area contributed by atoms with Gasteiger partial charge in [-0.05, 0) is 34.7 Å². The van der Waals surface area contributed by atoms with E-state index in [0.717, 1.165) is 5.56 Å². The van der Waals surface area contributed by atoms with Crippen molar-refractivity contribution >= 4 is 0 Å². The molecule has 0 heterocycles. The van der Waals surface area contributed by atoms with Crippen LogP contribution in [0.2, 0.25) is 0 Å². The zero-order chi connectivity index (χ0) is 14.7. The molecule has 0 fully saturated rings. The van der Waals surface area contributed by atoms with Crippen LogP contribution in [0.25, 0.3) is 0 Å². The van der Waals surface area contributed by atoms with Gasteiger partial charge in [-0.2, -0.15) is 0 Å². The Morgan fingerprint density at radius 2 is 1.50 bits per heavy atom. The van der Waals surface area contributed by atoms with Crippen molar-refractivity contribution in [1.82, 2.24) is 0 Å². The fourth-order valence-corrected chi connectivity index (χ4v) is 2.11. The van der Waals surface area contributed by atoms with Gasteiger partial charge in [-0.15, -0.1) is 0 Å². The van der Waals surface area contributed by atoms with Gasteiger partial charge in [-0.3, -0.25) is 0 Å². The number of hydrogen-bond acceptors (Lipinski definition) is 2. The highest BCUT2D eigenvalue weighted by atomic mass is 19.1. The lowest BCUT2D eigenvalue weighted by molar-refractivity contribution is 0.219. The summed E-state index contributed by atoms with van der Waals surface area (Å²) in [6, 6.07) is 12.2. The first-order valence-corrected chi connectivity index (χ1v) is 6.64. The number of aliphatic hydroxyl groups excluding tert-OH is 1. The van der Waals surface area contributed by atoms with Crippen molar-refractivity contribution in [3.63, 3.8) is 0 Å². The van der Waals surface area contributed by atoms with Crippen LogP contribution in [-0.2, 0) is 0 Å². The predicted molar refractivity (Wildman–Crippen MR) is 77.5 cm³/mol. The molecule has 0 aliphatic rings. The standard InChI is InChI=1S/C17H19FO2/c1-11(2)12-4-6-13(7-5-12)17(19)14-8-9-16(20-3)15(18)10-14/h4-11,17,19H,1-3H3. The zero-order valence-corrected chi connectivity index (χ0v) is 11.9. The quantitative estimate of drug-likeness (QED) is 0.911. The molecule has 1 N–H and O–H groups in total. The fraction of sp³-hybridized carbons (Fsp3) is 0.294. The third-order valence-corrected chi connectivity index (χ3v) is 3.41. The van der Waals surface area contributed by atoms with Gasteiger partial charge in [-0.25, -0.2) is 4.39 Å². The molecule has 1 unspecified atom stereocenters. The minimum absolute atomic E-state index is 0.177. The molecule has 2 nitrogen and oxygen atoms in total. The molecule has 0 aliphatic heterocycles. The van der Waals surface area contributed by atoms with Crippen LogP contribution in [0.1, 0.15) is 42.6 Å². The Morgan fingerprint density at radius 3 is 2.00 bits per heavy atom. The van der Waals surface area contributed by atoms with Gasteiger partial charge >= 0.3 is 0 Å². The molecule has 106 valence electrons. The average Bonchev–Trinajstić information content (AvgIpc) is 2.46. The maximum atomic E-state index is 13.7. The van der Waals surface area contributed by atoms with E-state index in [0.29, 0.717) is 11.5 Å². The Bertz CT molecular complexity index is 576. The monoisotopic (exact) mass is 274 g/mol. The summed E-state index contributed by atoms with van der Waals surface area (Å²) in [6.45, 7) is 4.23. The predicted octanol–water partition coefficient (Wildman–Crippen LogP) is 4.04. The molecule has 20 heavy (non-hydrogen) atoms. The molecule has 3 heteroatoms. The number of benzene rings is 2. The van der Waals surface area contributed by atoms with Gasteiger partial charge in [0.15, 0.2) is 11.6 Å². The second-order valence-corrected chi connectivity index (χ2v) is 5.12. The summed E-state index contributed by atoms with van der Waals surface area (Å²) in [5, 5.41) is 10.3. The molecule has 0 spiro atoms. The first-order valence-electron chi connectivity index (χ1n) is 6.64. The van der Waals surface area contributed by atoms with Crippen LogP contribution >= 0.6 is 0 Å². The van der Waals surface area contributed by atoms with Crippen molar-refractivity contribution in [1.29, 1.82) is 0 Å². The number of halogens is 1. The second kappa shape index (κ2) is 6.06. The topological polar surface area (TPSA) is 29.5 Å². The van der Waals surface area contributed by atoms with Crippen LogP contribution < -0.4 is 4.74 Å². The lowest BCUT2D eigenvalue weighted by atomic mass is 9.97. The van der Waals surface area contributed by atoms with Crippen molar-refractivity contribution in [3.8, 4) is 5.75 Å². The Morgan fingerprint density at radius 1 is 0.950 bits per heavy atom. The van der Waals surface area contributed by atoms with E-state index in [9.17, 15) is 9.50 Å². The fourth-order valence-electron chi connectivity index (χ4n) is 2.11. The van der Waals surface area contributed by atoms with E-state index in [4.69, 9.17) is 4.74 Å². The smallest absolute Gasteiger partial charge is 0.165 e. The molecule has 2 aromatic carbocycles.